The summed E-state index contributed by atoms with van der Waals surface area (Å²) in [5.74, 6) is -0.899. The zero-order valence-corrected chi connectivity index (χ0v) is 10.5. The number of rotatable bonds is 3. The van der Waals surface area contributed by atoms with Gasteiger partial charge in [0.15, 0.2) is 0 Å². The van der Waals surface area contributed by atoms with E-state index in [9.17, 15) is 19.7 Å². The van der Waals surface area contributed by atoms with E-state index in [4.69, 9.17) is 5.73 Å². The fraction of sp³-hybridized carbons (Fsp3) is 0.333. The van der Waals surface area contributed by atoms with E-state index in [1.54, 1.807) is 0 Å². The molecule has 0 aliphatic carbocycles. The number of hydrogen-bond acceptors (Lipinski definition) is 5. The van der Waals surface area contributed by atoms with Gasteiger partial charge < -0.3 is 5.73 Å². The van der Waals surface area contributed by atoms with Gasteiger partial charge in [-0.1, -0.05) is 13.8 Å². The lowest BCUT2D eigenvalue weighted by atomic mass is 10.1. The summed E-state index contributed by atoms with van der Waals surface area (Å²) >= 11 is 0. The van der Waals surface area contributed by atoms with Gasteiger partial charge in [0, 0.05) is 12.6 Å². The van der Waals surface area contributed by atoms with Crippen LogP contribution >= 0.6 is 0 Å². The number of nitrogens with two attached hydrogens (primary N) is 1. The number of nitro benzene ring substituents is 1. The van der Waals surface area contributed by atoms with Crippen LogP contribution in [0.3, 0.4) is 0 Å². The first-order chi connectivity index (χ1) is 8.84. The van der Waals surface area contributed by atoms with Crippen LogP contribution in [0.5, 0.6) is 0 Å². The molecule has 0 saturated heterocycles. The first kappa shape index (κ1) is 13.0. The van der Waals surface area contributed by atoms with Crippen LogP contribution in [-0.2, 0) is 0 Å². The Morgan fingerprint density at radius 3 is 2.47 bits per heavy atom. The largest absolute Gasteiger partial charge is 0.392 e. The Bertz CT molecular complexity index is 595. The van der Waals surface area contributed by atoms with Crippen molar-refractivity contribution in [3.63, 3.8) is 0 Å². The van der Waals surface area contributed by atoms with E-state index >= 15 is 0 Å². The summed E-state index contributed by atoms with van der Waals surface area (Å²) in [5.41, 5.74) is 5.12. The quantitative estimate of drug-likeness (QED) is 0.384. The monoisotopic (exact) mass is 263 g/mol. The third kappa shape index (κ3) is 1.92. The molecule has 2 N–H and O–H groups in total. The predicted octanol–water partition coefficient (Wildman–Crippen LogP) is 1.43. The van der Waals surface area contributed by atoms with E-state index < -0.39 is 16.7 Å². The van der Waals surface area contributed by atoms with Crippen LogP contribution in [0.4, 0.5) is 11.4 Å². The summed E-state index contributed by atoms with van der Waals surface area (Å²) in [6, 6.07) is 2.43. The molecule has 0 saturated carbocycles. The van der Waals surface area contributed by atoms with Gasteiger partial charge in [0.05, 0.1) is 16.1 Å². The molecule has 19 heavy (non-hydrogen) atoms. The average molecular weight is 263 g/mol. The lowest BCUT2D eigenvalue weighted by molar-refractivity contribution is -0.383. The Balaban J connectivity index is 2.54. The number of hydrogen-bond donors (Lipinski definition) is 1. The smallest absolute Gasteiger partial charge is 0.292 e. The number of amides is 2. The van der Waals surface area contributed by atoms with E-state index in [0.717, 1.165) is 11.0 Å². The zero-order valence-electron chi connectivity index (χ0n) is 10.5. The van der Waals surface area contributed by atoms with Crippen molar-refractivity contribution in [3.8, 4) is 0 Å². The van der Waals surface area contributed by atoms with E-state index in [0.29, 0.717) is 0 Å². The Hall–Kier alpha value is -2.44. The fourth-order valence-corrected chi connectivity index (χ4v) is 2.08. The lowest BCUT2D eigenvalue weighted by Crippen LogP contribution is -2.33. The summed E-state index contributed by atoms with van der Waals surface area (Å²) in [6.45, 7) is 4.00. The first-order valence-electron chi connectivity index (χ1n) is 5.77. The van der Waals surface area contributed by atoms with Crippen LogP contribution in [0, 0.1) is 16.0 Å². The van der Waals surface area contributed by atoms with Crippen LogP contribution < -0.4 is 5.73 Å². The summed E-state index contributed by atoms with van der Waals surface area (Å²) in [6.07, 6.45) is 0. The molecular formula is C12H13N3O4. The molecule has 2 rings (SSSR count). The third-order valence-electron chi connectivity index (χ3n) is 2.90. The van der Waals surface area contributed by atoms with E-state index in [2.05, 4.69) is 0 Å². The highest BCUT2D eigenvalue weighted by Crippen LogP contribution is 2.34. The predicted molar refractivity (Wildman–Crippen MR) is 67.7 cm³/mol. The van der Waals surface area contributed by atoms with Gasteiger partial charge in [0.1, 0.15) is 5.69 Å². The second-order valence-electron chi connectivity index (χ2n) is 4.79. The molecule has 0 unspecified atom stereocenters. The van der Waals surface area contributed by atoms with Gasteiger partial charge in [-0.2, -0.15) is 0 Å². The highest BCUT2D eigenvalue weighted by atomic mass is 16.6. The third-order valence-corrected chi connectivity index (χ3v) is 2.90. The number of carbonyl (C=O) groups is 2. The minimum atomic E-state index is -0.668. The molecule has 2 amide bonds. The van der Waals surface area contributed by atoms with Gasteiger partial charge in [-0.3, -0.25) is 24.6 Å². The van der Waals surface area contributed by atoms with Gasteiger partial charge in [-0.25, -0.2) is 0 Å². The molecule has 1 heterocycles. The second-order valence-corrected chi connectivity index (χ2v) is 4.79. The standard InChI is InChI=1S/C12H13N3O4/c1-6(2)5-14-11(16)7-3-4-8(15(18)19)10(13)9(7)12(14)17/h3-4,6H,5,13H2,1-2H3. The summed E-state index contributed by atoms with van der Waals surface area (Å²) in [4.78, 5) is 35.4. The molecule has 1 aliphatic heterocycles. The number of carbonyl (C=O) groups excluding carboxylic acids is 2. The van der Waals surface area contributed by atoms with Crippen LogP contribution in [0.15, 0.2) is 12.1 Å². The highest BCUT2D eigenvalue weighted by Gasteiger charge is 2.39. The van der Waals surface area contributed by atoms with Gasteiger partial charge in [-0.15, -0.1) is 0 Å². The normalized spacial score (nSPS) is 14.2. The van der Waals surface area contributed by atoms with Crippen molar-refractivity contribution in [3.05, 3.63) is 33.4 Å². The highest BCUT2D eigenvalue weighted by molar-refractivity contribution is 6.24. The molecule has 0 spiro atoms. The van der Waals surface area contributed by atoms with Crippen molar-refractivity contribution in [2.75, 3.05) is 12.3 Å². The average Bonchev–Trinajstić information content (AvgIpc) is 2.54. The number of fused-ring (bicyclic) bond motifs is 1. The number of benzene rings is 1. The number of imide groups is 1. The topological polar surface area (TPSA) is 107 Å². The molecule has 1 aliphatic rings. The van der Waals surface area contributed by atoms with Crippen LogP contribution in [0.2, 0.25) is 0 Å². The van der Waals surface area contributed by atoms with Crippen LogP contribution in [-0.4, -0.2) is 28.2 Å². The number of anilines is 1. The maximum Gasteiger partial charge on any atom is 0.292 e. The minimum Gasteiger partial charge on any atom is -0.392 e. The molecule has 0 fully saturated rings. The van der Waals surface area contributed by atoms with Crippen molar-refractivity contribution >= 4 is 23.2 Å². The second kappa shape index (κ2) is 4.34. The molecule has 7 nitrogen and oxygen atoms in total. The maximum absolute atomic E-state index is 12.1. The number of nitrogen functional groups attached to an aromatic ring is 1. The Morgan fingerprint density at radius 1 is 1.32 bits per heavy atom. The molecule has 1 aromatic rings. The first-order valence-corrected chi connectivity index (χ1v) is 5.77. The van der Waals surface area contributed by atoms with Crippen molar-refractivity contribution < 1.29 is 14.5 Å². The summed E-state index contributed by atoms with van der Waals surface area (Å²) < 4.78 is 0. The van der Waals surface area contributed by atoms with Gasteiger partial charge in [0.2, 0.25) is 0 Å². The van der Waals surface area contributed by atoms with Crippen LogP contribution in [0.25, 0.3) is 0 Å². The maximum atomic E-state index is 12.1. The van der Waals surface area contributed by atoms with E-state index in [1.165, 1.54) is 6.07 Å². The zero-order chi connectivity index (χ0) is 14.3. The summed E-state index contributed by atoms with van der Waals surface area (Å²) in [5, 5.41) is 10.8. The lowest BCUT2D eigenvalue weighted by Gasteiger charge is -2.15. The molecule has 0 bridgehead atoms. The number of nitro groups is 1. The number of nitrogens with zero attached hydrogens (tertiary/aromatic N) is 2. The van der Waals surface area contributed by atoms with Crippen molar-refractivity contribution in [2.24, 2.45) is 5.92 Å². The van der Waals surface area contributed by atoms with Crippen molar-refractivity contribution in [2.45, 2.75) is 13.8 Å². The molecule has 100 valence electrons. The molecule has 7 heteroatoms. The molecular weight excluding hydrogens is 250 g/mol. The van der Waals surface area contributed by atoms with E-state index in [-0.39, 0.29) is 35.0 Å². The molecule has 0 atom stereocenters. The molecule has 0 aromatic heterocycles. The van der Waals surface area contributed by atoms with Gasteiger partial charge >= 0.3 is 0 Å². The minimum absolute atomic E-state index is 0.0557. The van der Waals surface area contributed by atoms with Crippen molar-refractivity contribution in [1.82, 2.24) is 4.90 Å². The van der Waals surface area contributed by atoms with Crippen molar-refractivity contribution in [1.29, 1.82) is 0 Å². The molecule has 0 radical (unpaired) electrons. The molecule has 1 aromatic carbocycles. The van der Waals surface area contributed by atoms with E-state index in [1.807, 2.05) is 13.8 Å². The summed E-state index contributed by atoms with van der Waals surface area (Å²) in [7, 11) is 0. The van der Waals surface area contributed by atoms with Gasteiger partial charge in [0.25, 0.3) is 17.5 Å². The Labute approximate surface area is 109 Å². The SMILES string of the molecule is CC(C)CN1C(=O)c2ccc([N+](=O)[O-])c(N)c2C1=O. The fourth-order valence-electron chi connectivity index (χ4n) is 2.08. The Morgan fingerprint density at radius 2 is 1.95 bits per heavy atom. The van der Waals surface area contributed by atoms with Gasteiger partial charge in [-0.05, 0) is 12.0 Å². The Kier molecular flexibility index (Phi) is 2.97. The van der Waals surface area contributed by atoms with Crippen LogP contribution in [0.1, 0.15) is 34.6 Å².